The molecule has 2 atom stereocenters. The monoisotopic (exact) mass is 522 g/mol. The number of carbonyl (C=O) groups excluding carboxylic acids is 2. The lowest BCUT2D eigenvalue weighted by atomic mass is 9.94. The lowest BCUT2D eigenvalue weighted by Gasteiger charge is -2.26. The number of fused-ring (bicyclic) bond motifs is 1. The topological polar surface area (TPSA) is 88.5 Å². The molecule has 1 amide bonds. The summed E-state index contributed by atoms with van der Waals surface area (Å²) < 4.78 is 17.5. The van der Waals surface area contributed by atoms with Crippen molar-refractivity contribution in [1.82, 2.24) is 9.80 Å². The molecule has 0 radical (unpaired) electrons. The normalized spacial score (nSPS) is 20.1. The molecule has 0 saturated carbocycles. The smallest absolute Gasteiger partial charge is 0.295 e. The number of hydrogen-bond acceptors (Lipinski definition) is 7. The summed E-state index contributed by atoms with van der Waals surface area (Å²) >= 11 is 0. The van der Waals surface area contributed by atoms with E-state index >= 15 is 0 Å². The van der Waals surface area contributed by atoms with Crippen LogP contribution in [0, 0.1) is 0 Å². The second-order valence-corrected chi connectivity index (χ2v) is 10.1. The zero-order valence-corrected chi connectivity index (χ0v) is 23.0. The first-order valence-electron chi connectivity index (χ1n) is 13.4. The molecule has 8 nitrogen and oxygen atoms in total. The summed E-state index contributed by atoms with van der Waals surface area (Å²) in [5.74, 6) is 0.439. The van der Waals surface area contributed by atoms with Gasteiger partial charge in [0.05, 0.1) is 24.8 Å². The van der Waals surface area contributed by atoms with Crippen molar-refractivity contribution < 1.29 is 28.9 Å². The van der Waals surface area contributed by atoms with Gasteiger partial charge in [0.2, 0.25) is 0 Å². The molecule has 1 saturated heterocycles. The minimum Gasteiger partial charge on any atom is -0.507 e. The van der Waals surface area contributed by atoms with Gasteiger partial charge in [-0.25, -0.2) is 0 Å². The fourth-order valence-electron chi connectivity index (χ4n) is 5.03. The van der Waals surface area contributed by atoms with E-state index in [4.69, 9.17) is 14.2 Å². The Bertz CT molecular complexity index is 1220. The molecule has 1 N–H and O–H groups in total. The highest BCUT2D eigenvalue weighted by atomic mass is 16.5. The van der Waals surface area contributed by atoms with Crippen molar-refractivity contribution in [2.75, 3.05) is 40.4 Å². The molecule has 2 aliphatic heterocycles. The molecular formula is C30H38N2O6. The third kappa shape index (κ3) is 5.65. The van der Waals surface area contributed by atoms with Crippen LogP contribution in [0.4, 0.5) is 0 Å². The Balaban J connectivity index is 1.80. The van der Waals surface area contributed by atoms with Gasteiger partial charge < -0.3 is 29.1 Å². The maximum absolute atomic E-state index is 13.4. The molecular weight excluding hydrogens is 484 g/mol. The molecule has 0 bridgehead atoms. The Morgan fingerprint density at radius 1 is 1.11 bits per heavy atom. The first-order chi connectivity index (χ1) is 18.2. The maximum Gasteiger partial charge on any atom is 0.295 e. The number of ether oxygens (including phenoxy) is 3. The van der Waals surface area contributed by atoms with Gasteiger partial charge in [-0.3, -0.25) is 9.59 Å². The number of Topliss-reactive ketones (excluding diaryl/α,β-unsaturated/α-hetero) is 1. The predicted molar refractivity (Wildman–Crippen MR) is 146 cm³/mol. The molecule has 1 fully saturated rings. The van der Waals surface area contributed by atoms with Crippen LogP contribution in [0.5, 0.6) is 17.2 Å². The van der Waals surface area contributed by atoms with Crippen LogP contribution in [-0.2, 0) is 16.0 Å². The summed E-state index contributed by atoms with van der Waals surface area (Å²) in [6, 6.07) is 10.1. The highest BCUT2D eigenvalue weighted by Crippen LogP contribution is 2.43. The second kappa shape index (κ2) is 11.9. The summed E-state index contributed by atoms with van der Waals surface area (Å²) in [4.78, 5) is 30.3. The maximum atomic E-state index is 13.4. The van der Waals surface area contributed by atoms with E-state index < -0.39 is 17.7 Å². The lowest BCUT2D eigenvalue weighted by molar-refractivity contribution is -0.139. The number of nitrogens with zero attached hydrogens (tertiary/aromatic N) is 2. The Labute approximate surface area is 224 Å². The minimum absolute atomic E-state index is 0.0510. The molecule has 2 heterocycles. The number of aliphatic hydroxyl groups excluding tert-OH is 1. The zero-order chi connectivity index (χ0) is 27.4. The molecule has 4 rings (SSSR count). The molecule has 8 heteroatoms. The van der Waals surface area contributed by atoms with Crippen molar-refractivity contribution in [2.24, 2.45) is 0 Å². The molecule has 0 unspecified atom stereocenters. The highest BCUT2D eigenvalue weighted by Gasteiger charge is 2.46. The quantitative estimate of drug-likeness (QED) is 0.263. The summed E-state index contributed by atoms with van der Waals surface area (Å²) in [5, 5.41) is 11.5. The van der Waals surface area contributed by atoms with Crippen molar-refractivity contribution in [3.05, 3.63) is 58.7 Å². The van der Waals surface area contributed by atoms with Crippen LogP contribution >= 0.6 is 0 Å². The number of amides is 1. The van der Waals surface area contributed by atoms with E-state index in [2.05, 4.69) is 0 Å². The number of ketones is 1. The largest absolute Gasteiger partial charge is 0.507 e. The third-order valence-electron chi connectivity index (χ3n) is 6.76. The average molecular weight is 523 g/mol. The highest BCUT2D eigenvalue weighted by molar-refractivity contribution is 6.46. The van der Waals surface area contributed by atoms with Gasteiger partial charge in [-0.05, 0) is 88.8 Å². The van der Waals surface area contributed by atoms with E-state index in [1.165, 1.54) is 0 Å². The van der Waals surface area contributed by atoms with E-state index in [1.54, 1.807) is 11.0 Å². The molecule has 0 spiro atoms. The van der Waals surface area contributed by atoms with E-state index in [-0.39, 0.29) is 17.4 Å². The third-order valence-corrected chi connectivity index (χ3v) is 6.76. The van der Waals surface area contributed by atoms with Crippen molar-refractivity contribution in [2.45, 2.75) is 52.2 Å². The van der Waals surface area contributed by atoms with Crippen LogP contribution in [0.1, 0.15) is 56.3 Å². The van der Waals surface area contributed by atoms with Crippen molar-refractivity contribution >= 4 is 17.4 Å². The number of carbonyl (C=O) groups is 2. The van der Waals surface area contributed by atoms with Crippen LogP contribution < -0.4 is 14.2 Å². The molecule has 38 heavy (non-hydrogen) atoms. The number of aliphatic hydroxyl groups is 1. The summed E-state index contributed by atoms with van der Waals surface area (Å²) in [7, 11) is 3.93. The van der Waals surface area contributed by atoms with Gasteiger partial charge in [-0.2, -0.15) is 0 Å². The van der Waals surface area contributed by atoms with Crippen molar-refractivity contribution in [3.8, 4) is 17.2 Å². The number of rotatable bonds is 11. The Morgan fingerprint density at radius 3 is 2.61 bits per heavy atom. The van der Waals surface area contributed by atoms with Gasteiger partial charge in [0.1, 0.15) is 17.6 Å². The van der Waals surface area contributed by atoms with Crippen LogP contribution in [0.3, 0.4) is 0 Å². The van der Waals surface area contributed by atoms with Crippen LogP contribution in [0.25, 0.3) is 5.76 Å². The predicted octanol–water partition coefficient (Wildman–Crippen LogP) is 4.57. The molecule has 2 aromatic rings. The van der Waals surface area contributed by atoms with Crippen molar-refractivity contribution in [3.63, 3.8) is 0 Å². The first kappa shape index (κ1) is 27.5. The number of likely N-dealkylation sites (tertiary alicyclic amines) is 1. The molecule has 0 aromatic heterocycles. The van der Waals surface area contributed by atoms with E-state index in [0.29, 0.717) is 48.8 Å². The summed E-state index contributed by atoms with van der Waals surface area (Å²) in [6.07, 6.45) is 2.30. The standard InChI is InChI=1S/C30H38N2O6/c1-6-15-37-24-12-9-20(18-25(24)36-7-2)27-26(29(34)30(35)32(27)14-8-13-31(4)5)28(33)21-10-11-23-22(17-21)16-19(3)38-23/h9-12,17-19,27,33H,6-8,13-16H2,1-5H3/t19-,27-/m0/s1. The van der Waals surface area contributed by atoms with Crippen LogP contribution in [0.2, 0.25) is 0 Å². The molecule has 2 aliphatic rings. The zero-order valence-electron chi connectivity index (χ0n) is 23.0. The fraction of sp³-hybridized carbons (Fsp3) is 0.467. The molecule has 204 valence electrons. The Morgan fingerprint density at radius 2 is 1.89 bits per heavy atom. The number of hydrogen-bond donors (Lipinski definition) is 1. The van der Waals surface area contributed by atoms with Gasteiger partial charge in [0.15, 0.2) is 11.5 Å². The SMILES string of the molecule is CCCOc1ccc([C@H]2C(=C(O)c3ccc4c(c3)C[C@H](C)O4)C(=O)C(=O)N2CCCN(C)C)cc1OCC. The van der Waals surface area contributed by atoms with Crippen molar-refractivity contribution in [1.29, 1.82) is 0 Å². The molecule has 2 aromatic carbocycles. The summed E-state index contributed by atoms with van der Waals surface area (Å²) in [6.45, 7) is 8.02. The average Bonchev–Trinajstić information content (AvgIpc) is 3.38. The van der Waals surface area contributed by atoms with Gasteiger partial charge >= 0.3 is 0 Å². The number of benzene rings is 2. The summed E-state index contributed by atoms with van der Waals surface area (Å²) in [5.41, 5.74) is 2.22. The van der Waals surface area contributed by atoms with Gasteiger partial charge in [0.25, 0.3) is 11.7 Å². The van der Waals surface area contributed by atoms with Gasteiger partial charge in [0, 0.05) is 18.5 Å². The fourth-order valence-corrected chi connectivity index (χ4v) is 5.03. The van der Waals surface area contributed by atoms with Gasteiger partial charge in [-0.15, -0.1) is 0 Å². The van der Waals surface area contributed by atoms with E-state index in [9.17, 15) is 14.7 Å². The van der Waals surface area contributed by atoms with Gasteiger partial charge in [-0.1, -0.05) is 13.0 Å². The van der Waals surface area contributed by atoms with E-state index in [1.807, 2.05) is 70.1 Å². The Hall–Kier alpha value is -3.52. The van der Waals surface area contributed by atoms with Crippen LogP contribution in [0.15, 0.2) is 42.0 Å². The minimum atomic E-state index is -0.750. The molecule has 0 aliphatic carbocycles. The lowest BCUT2D eigenvalue weighted by Crippen LogP contribution is -2.32. The second-order valence-electron chi connectivity index (χ2n) is 10.1. The first-order valence-corrected chi connectivity index (χ1v) is 13.4. The Kier molecular flexibility index (Phi) is 8.62. The van der Waals surface area contributed by atoms with Crippen LogP contribution in [-0.4, -0.2) is 73.1 Å². The van der Waals surface area contributed by atoms with E-state index in [0.717, 1.165) is 30.7 Å².